The average molecular weight is 480 g/mol. The van der Waals surface area contributed by atoms with Gasteiger partial charge in [-0.1, -0.05) is 41.9 Å². The van der Waals surface area contributed by atoms with Crippen molar-refractivity contribution in [3.63, 3.8) is 0 Å². The lowest BCUT2D eigenvalue weighted by Gasteiger charge is -2.40. The van der Waals surface area contributed by atoms with Gasteiger partial charge >= 0.3 is 12.1 Å². The number of hydrogen-bond donors (Lipinski definition) is 0. The van der Waals surface area contributed by atoms with Crippen molar-refractivity contribution in [1.82, 2.24) is 4.90 Å². The van der Waals surface area contributed by atoms with E-state index < -0.39 is 32.7 Å². The number of alkyl halides is 5. The molecule has 2 atom stereocenters. The number of nitrogens with zero attached hydrogens (tertiary/aromatic N) is 1. The minimum atomic E-state index is -5.76. The van der Waals surface area contributed by atoms with Gasteiger partial charge in [0.1, 0.15) is 11.9 Å². The first kappa shape index (κ1) is 24.0. The molecule has 2 unspecified atom stereocenters. The summed E-state index contributed by atoms with van der Waals surface area (Å²) in [6.45, 7) is 4.32. The van der Waals surface area contributed by atoms with E-state index in [0.29, 0.717) is 21.9 Å². The van der Waals surface area contributed by atoms with Crippen molar-refractivity contribution in [2.24, 2.45) is 0 Å². The summed E-state index contributed by atoms with van der Waals surface area (Å²) in [5.41, 5.74) is 1.11. The van der Waals surface area contributed by atoms with Crippen LogP contribution in [-0.4, -0.2) is 38.1 Å². The molecule has 0 saturated heterocycles. The highest BCUT2D eigenvalue weighted by Crippen LogP contribution is 2.43. The Kier molecular flexibility index (Phi) is 6.72. The van der Waals surface area contributed by atoms with Crippen LogP contribution in [0.3, 0.4) is 0 Å². The molecule has 0 aliphatic carbocycles. The first-order valence-electron chi connectivity index (χ1n) is 9.64. The highest BCUT2D eigenvalue weighted by Gasteiger charge is 2.65. The molecule has 0 amide bonds. The van der Waals surface area contributed by atoms with Crippen molar-refractivity contribution in [2.75, 3.05) is 6.54 Å². The maximum atomic E-state index is 14.7. The zero-order valence-corrected chi connectivity index (χ0v) is 19.0. The van der Waals surface area contributed by atoms with Gasteiger partial charge in [0.15, 0.2) is 14.5 Å². The fourth-order valence-electron chi connectivity index (χ4n) is 3.32. The van der Waals surface area contributed by atoms with Crippen molar-refractivity contribution in [3.8, 4) is 5.75 Å². The Morgan fingerprint density at radius 1 is 1.03 bits per heavy atom. The smallest absolute Gasteiger partial charge is 0.457 e. The second-order valence-corrected chi connectivity index (χ2v) is 13.3. The largest absolute Gasteiger partial charge is 0.484 e. The van der Waals surface area contributed by atoms with Gasteiger partial charge in [0.05, 0.1) is 0 Å². The molecule has 0 bridgehead atoms. The van der Waals surface area contributed by atoms with Crippen molar-refractivity contribution >= 4 is 19.9 Å². The minimum absolute atomic E-state index is 0.179. The Bertz CT molecular complexity index is 902. The molecule has 10 heteroatoms. The summed E-state index contributed by atoms with van der Waals surface area (Å²) in [4.78, 5) is 1.02. The van der Waals surface area contributed by atoms with Crippen LogP contribution in [0.5, 0.6) is 5.75 Å². The summed E-state index contributed by atoms with van der Waals surface area (Å²) in [7, 11) is -2.79. The van der Waals surface area contributed by atoms with Crippen LogP contribution in [-0.2, 0) is 11.0 Å². The first-order chi connectivity index (χ1) is 14.3. The topological polar surface area (TPSA) is 21.7 Å². The molecule has 0 aromatic heterocycles. The van der Waals surface area contributed by atoms with E-state index in [2.05, 4.69) is 0 Å². The molecule has 0 saturated carbocycles. The average Bonchev–Trinajstić information content (AvgIpc) is 2.84. The summed E-state index contributed by atoms with van der Waals surface area (Å²) >= 11 is 5.93. The number of hydrogen-bond acceptors (Lipinski definition) is 3. The van der Waals surface area contributed by atoms with Gasteiger partial charge in [0, 0.05) is 23.7 Å². The monoisotopic (exact) mass is 479 g/mol. The number of ether oxygens (including phenoxy) is 1. The third kappa shape index (κ3) is 5.57. The van der Waals surface area contributed by atoms with Crippen LogP contribution in [0.4, 0.5) is 22.0 Å². The first-order valence-corrected chi connectivity index (χ1v) is 13.4. The highest BCUT2D eigenvalue weighted by molar-refractivity contribution is 6.69. The van der Waals surface area contributed by atoms with Crippen LogP contribution >= 0.6 is 11.6 Å². The van der Waals surface area contributed by atoms with Crippen molar-refractivity contribution < 1.29 is 31.1 Å². The summed E-state index contributed by atoms with van der Waals surface area (Å²) in [5.74, 6) is -4.65. The van der Waals surface area contributed by atoms with Crippen LogP contribution in [0, 0.1) is 0 Å². The molecular weight excluding hydrogens is 457 g/mol. The SMILES string of the molecule is C[Si](C)(C)OC(N1Cc2ccccc2OC(c2ccc(Cl)cc2)C1)C(F)(F)C(F)(F)F. The Morgan fingerprint density at radius 2 is 1.65 bits per heavy atom. The molecule has 0 fully saturated rings. The minimum Gasteiger partial charge on any atom is -0.484 e. The maximum absolute atomic E-state index is 14.7. The molecular formula is C21H23ClF5NO2Si. The molecule has 3 rings (SSSR count). The molecule has 31 heavy (non-hydrogen) atoms. The summed E-state index contributed by atoms with van der Waals surface area (Å²) in [6.07, 6.45) is -9.04. The van der Waals surface area contributed by atoms with Gasteiger partial charge in [0.25, 0.3) is 0 Å². The van der Waals surface area contributed by atoms with E-state index in [9.17, 15) is 22.0 Å². The van der Waals surface area contributed by atoms with Crippen LogP contribution in [0.2, 0.25) is 24.7 Å². The van der Waals surface area contributed by atoms with E-state index in [4.69, 9.17) is 20.8 Å². The summed E-state index contributed by atoms with van der Waals surface area (Å²) in [6, 6.07) is 13.3. The van der Waals surface area contributed by atoms with Crippen LogP contribution in [0.15, 0.2) is 48.5 Å². The Hall–Kier alpha value is -1.68. The molecule has 170 valence electrons. The summed E-state index contributed by atoms with van der Waals surface area (Å²) < 4.78 is 81.0. The van der Waals surface area contributed by atoms with E-state index in [-0.39, 0.29) is 13.1 Å². The van der Waals surface area contributed by atoms with Gasteiger partial charge in [-0.2, -0.15) is 22.0 Å². The van der Waals surface area contributed by atoms with E-state index in [1.54, 1.807) is 68.2 Å². The Labute approximate surface area is 183 Å². The second kappa shape index (κ2) is 8.69. The maximum Gasteiger partial charge on any atom is 0.457 e. The van der Waals surface area contributed by atoms with Gasteiger partial charge in [-0.3, -0.25) is 4.90 Å². The van der Waals surface area contributed by atoms with Crippen molar-refractivity contribution in [1.29, 1.82) is 0 Å². The number of benzene rings is 2. The molecule has 3 nitrogen and oxygen atoms in total. The third-order valence-corrected chi connectivity index (χ3v) is 5.92. The normalized spacial score (nSPS) is 19.3. The van der Waals surface area contributed by atoms with E-state index >= 15 is 0 Å². The lowest BCUT2D eigenvalue weighted by Crippen LogP contribution is -2.59. The number of fused-ring (bicyclic) bond motifs is 1. The number of halogens is 6. The fourth-order valence-corrected chi connectivity index (χ4v) is 4.41. The van der Waals surface area contributed by atoms with Crippen molar-refractivity contribution in [2.45, 2.75) is 50.6 Å². The van der Waals surface area contributed by atoms with Gasteiger partial charge in [-0.05, 0) is 43.4 Å². The molecule has 0 N–H and O–H groups in total. The molecule has 0 spiro atoms. The zero-order chi connectivity index (χ0) is 23.0. The molecule has 1 aliphatic rings. The molecule has 2 aromatic rings. The van der Waals surface area contributed by atoms with Crippen LogP contribution < -0.4 is 4.74 Å². The number of rotatable bonds is 5. The summed E-state index contributed by atoms with van der Waals surface area (Å²) in [5, 5.41) is 0.471. The Balaban J connectivity index is 2.07. The van der Waals surface area contributed by atoms with Gasteiger partial charge in [0.2, 0.25) is 0 Å². The van der Waals surface area contributed by atoms with E-state index in [0.717, 1.165) is 4.90 Å². The van der Waals surface area contributed by atoms with E-state index in [1.807, 2.05) is 0 Å². The molecule has 2 aromatic carbocycles. The lowest BCUT2D eigenvalue weighted by molar-refractivity contribution is -0.331. The van der Waals surface area contributed by atoms with Crippen LogP contribution in [0.25, 0.3) is 0 Å². The van der Waals surface area contributed by atoms with Gasteiger partial charge in [-0.15, -0.1) is 0 Å². The zero-order valence-electron chi connectivity index (χ0n) is 17.2. The number of para-hydroxylation sites is 1. The molecule has 0 radical (unpaired) electrons. The van der Waals surface area contributed by atoms with E-state index in [1.165, 1.54) is 0 Å². The quantitative estimate of drug-likeness (QED) is 0.354. The standard InChI is InChI=1S/C21H23ClF5NO2Si/c1-31(2,3)30-19(20(23,24)21(25,26)27)28-12-15-6-4-5-7-17(15)29-18(13-28)14-8-10-16(22)11-9-14/h4-11,18-19H,12-13H2,1-3H3. The Morgan fingerprint density at radius 3 is 2.23 bits per heavy atom. The second-order valence-electron chi connectivity index (χ2n) is 8.40. The third-order valence-electron chi connectivity index (χ3n) is 4.74. The predicted octanol–water partition coefficient (Wildman–Crippen LogP) is 6.65. The molecule has 1 aliphatic heterocycles. The lowest BCUT2D eigenvalue weighted by atomic mass is 10.1. The van der Waals surface area contributed by atoms with Crippen molar-refractivity contribution in [3.05, 3.63) is 64.7 Å². The van der Waals surface area contributed by atoms with Gasteiger partial charge < -0.3 is 9.16 Å². The van der Waals surface area contributed by atoms with Gasteiger partial charge in [-0.25, -0.2) is 0 Å². The highest BCUT2D eigenvalue weighted by atomic mass is 35.5. The fraction of sp³-hybridized carbons (Fsp3) is 0.429. The van der Waals surface area contributed by atoms with Crippen LogP contribution in [0.1, 0.15) is 17.2 Å². The predicted molar refractivity (Wildman–Crippen MR) is 111 cm³/mol. The molecule has 1 heterocycles.